The summed E-state index contributed by atoms with van der Waals surface area (Å²) < 4.78 is 12.2. The van der Waals surface area contributed by atoms with E-state index in [-0.39, 0.29) is 11.7 Å². The molecule has 5 nitrogen and oxygen atoms in total. The number of hydrogen-bond acceptors (Lipinski definition) is 4. The molecule has 0 spiro atoms. The van der Waals surface area contributed by atoms with E-state index in [1.54, 1.807) is 12.1 Å². The number of nitrogens with one attached hydrogen (secondary N) is 1. The molecule has 28 heavy (non-hydrogen) atoms. The van der Waals surface area contributed by atoms with Crippen molar-refractivity contribution in [3.05, 3.63) is 69.9 Å². The summed E-state index contributed by atoms with van der Waals surface area (Å²) in [5.41, 5.74) is 2.36. The molecule has 2 heterocycles. The van der Waals surface area contributed by atoms with Gasteiger partial charge in [-0.05, 0) is 36.4 Å². The van der Waals surface area contributed by atoms with Crippen LogP contribution in [-0.4, -0.2) is 32.2 Å². The van der Waals surface area contributed by atoms with Crippen molar-refractivity contribution < 1.29 is 13.9 Å². The zero-order valence-corrected chi connectivity index (χ0v) is 17.3. The molecular weight excluding hydrogens is 444 g/mol. The highest BCUT2D eigenvalue weighted by Gasteiger charge is 2.20. The number of carbonyl (C=O) groups excluding carboxylic acids is 1. The minimum atomic E-state index is -0.319. The molecule has 0 saturated carbocycles. The number of rotatable bonds is 4. The number of furan rings is 1. The van der Waals surface area contributed by atoms with Crippen LogP contribution < -0.4 is 10.2 Å². The summed E-state index contributed by atoms with van der Waals surface area (Å²) in [4.78, 5) is 14.9. The summed E-state index contributed by atoms with van der Waals surface area (Å²) in [7, 11) is 0. The first-order chi connectivity index (χ1) is 13.6. The molecule has 1 amide bonds. The van der Waals surface area contributed by atoms with E-state index in [9.17, 15) is 4.79 Å². The summed E-state index contributed by atoms with van der Waals surface area (Å²) >= 11 is 9.84. The molecule has 0 atom stereocenters. The Morgan fingerprint density at radius 1 is 1.04 bits per heavy atom. The number of ether oxygens (including phenoxy) is 1. The summed E-state index contributed by atoms with van der Waals surface area (Å²) in [5, 5.41) is 3.52. The molecule has 144 valence electrons. The highest BCUT2D eigenvalue weighted by atomic mass is 79.9. The minimum Gasteiger partial charge on any atom is -0.451 e. The lowest BCUT2D eigenvalue weighted by Crippen LogP contribution is -2.37. The van der Waals surface area contributed by atoms with Crippen LogP contribution in [-0.2, 0) is 4.74 Å². The zero-order valence-electron chi connectivity index (χ0n) is 15.0. The van der Waals surface area contributed by atoms with Gasteiger partial charge in [-0.3, -0.25) is 4.79 Å². The number of benzene rings is 2. The third-order valence-corrected chi connectivity index (χ3v) is 5.35. The van der Waals surface area contributed by atoms with Crippen molar-refractivity contribution in [2.24, 2.45) is 0 Å². The first-order valence-corrected chi connectivity index (χ1v) is 10.1. The van der Waals surface area contributed by atoms with Gasteiger partial charge in [-0.25, -0.2) is 0 Å². The van der Waals surface area contributed by atoms with Crippen LogP contribution in [0.15, 0.2) is 63.5 Å². The van der Waals surface area contributed by atoms with E-state index in [2.05, 4.69) is 26.1 Å². The van der Waals surface area contributed by atoms with Gasteiger partial charge in [0.2, 0.25) is 0 Å². The van der Waals surface area contributed by atoms with Crippen LogP contribution >= 0.6 is 27.5 Å². The molecule has 0 aliphatic carbocycles. The number of hydrogen-bond donors (Lipinski definition) is 1. The molecule has 1 fully saturated rings. The van der Waals surface area contributed by atoms with Crippen molar-refractivity contribution >= 4 is 44.8 Å². The van der Waals surface area contributed by atoms with E-state index in [0.717, 1.165) is 28.8 Å². The Bertz CT molecular complexity index is 982. The minimum absolute atomic E-state index is 0.242. The molecule has 4 rings (SSSR count). The SMILES string of the molecule is O=C(Nc1cccc(Cl)c1N1CCOCC1)c1ccc(-c2ccc(Br)cc2)o1. The molecule has 3 aromatic rings. The Kier molecular flexibility index (Phi) is 5.71. The Labute approximate surface area is 176 Å². The van der Waals surface area contributed by atoms with E-state index >= 15 is 0 Å². The van der Waals surface area contributed by atoms with Crippen LogP contribution in [0, 0.1) is 0 Å². The predicted octanol–water partition coefficient (Wildman–Crippen LogP) is 5.45. The van der Waals surface area contributed by atoms with E-state index in [1.165, 1.54) is 0 Å². The second kappa shape index (κ2) is 8.39. The Morgan fingerprint density at radius 2 is 1.79 bits per heavy atom. The number of carbonyl (C=O) groups is 1. The van der Waals surface area contributed by atoms with Crippen molar-refractivity contribution in [2.75, 3.05) is 36.5 Å². The molecule has 2 aromatic carbocycles. The Hall–Kier alpha value is -2.28. The standard InChI is InChI=1S/C21H18BrClN2O3/c22-15-6-4-14(5-7-15)18-8-9-19(28-18)21(26)24-17-3-1-2-16(23)20(17)25-10-12-27-13-11-25/h1-9H,10-13H2,(H,24,26). The normalized spacial score (nSPS) is 14.1. The maximum atomic E-state index is 12.8. The molecular formula is C21H18BrClN2O3. The van der Waals surface area contributed by atoms with Gasteiger partial charge in [-0.2, -0.15) is 0 Å². The fourth-order valence-electron chi connectivity index (χ4n) is 3.14. The van der Waals surface area contributed by atoms with Gasteiger partial charge in [0.25, 0.3) is 5.91 Å². The van der Waals surface area contributed by atoms with Crippen molar-refractivity contribution in [3.8, 4) is 11.3 Å². The van der Waals surface area contributed by atoms with Crippen molar-refractivity contribution in [1.29, 1.82) is 0 Å². The number of anilines is 2. The fraction of sp³-hybridized carbons (Fsp3) is 0.190. The van der Waals surface area contributed by atoms with Gasteiger partial charge >= 0.3 is 0 Å². The third-order valence-electron chi connectivity index (χ3n) is 4.52. The fourth-order valence-corrected chi connectivity index (χ4v) is 3.70. The van der Waals surface area contributed by atoms with Crippen LogP contribution in [0.25, 0.3) is 11.3 Å². The summed E-state index contributed by atoms with van der Waals surface area (Å²) in [6, 6.07) is 16.7. The number of halogens is 2. The monoisotopic (exact) mass is 460 g/mol. The lowest BCUT2D eigenvalue weighted by Gasteiger charge is -2.31. The first-order valence-electron chi connectivity index (χ1n) is 8.90. The molecule has 1 aliphatic rings. The Balaban J connectivity index is 1.56. The largest absolute Gasteiger partial charge is 0.451 e. The number of morpholine rings is 1. The van der Waals surface area contributed by atoms with E-state index in [4.69, 9.17) is 20.8 Å². The number of nitrogens with zero attached hydrogens (tertiary/aromatic N) is 1. The lowest BCUT2D eigenvalue weighted by atomic mass is 10.2. The Morgan fingerprint density at radius 3 is 2.54 bits per heavy atom. The second-order valence-corrected chi connectivity index (χ2v) is 7.68. The molecule has 1 saturated heterocycles. The molecule has 7 heteroatoms. The predicted molar refractivity (Wildman–Crippen MR) is 114 cm³/mol. The average Bonchev–Trinajstić information content (AvgIpc) is 3.20. The smallest absolute Gasteiger partial charge is 0.291 e. The van der Waals surface area contributed by atoms with Gasteiger partial charge in [0.05, 0.1) is 29.6 Å². The summed E-state index contributed by atoms with van der Waals surface area (Å²) in [5.74, 6) is 0.558. The van der Waals surface area contributed by atoms with Crippen LogP contribution in [0.5, 0.6) is 0 Å². The topological polar surface area (TPSA) is 54.7 Å². The summed E-state index contributed by atoms with van der Waals surface area (Å²) in [6.07, 6.45) is 0. The first kappa shape index (κ1) is 19.1. The molecule has 1 N–H and O–H groups in total. The van der Waals surface area contributed by atoms with Crippen molar-refractivity contribution in [2.45, 2.75) is 0 Å². The van der Waals surface area contributed by atoms with Crippen molar-refractivity contribution in [1.82, 2.24) is 0 Å². The number of amides is 1. The van der Waals surface area contributed by atoms with Gasteiger partial charge in [-0.15, -0.1) is 0 Å². The highest BCUT2D eigenvalue weighted by Crippen LogP contribution is 2.35. The third kappa shape index (κ3) is 4.09. The molecule has 1 aromatic heterocycles. The molecule has 0 radical (unpaired) electrons. The molecule has 1 aliphatic heterocycles. The maximum Gasteiger partial charge on any atom is 0.291 e. The average molecular weight is 462 g/mol. The summed E-state index contributed by atoms with van der Waals surface area (Å²) in [6.45, 7) is 2.71. The molecule has 0 bridgehead atoms. The van der Waals surface area contributed by atoms with Crippen molar-refractivity contribution in [3.63, 3.8) is 0 Å². The van der Waals surface area contributed by atoms with E-state index in [1.807, 2.05) is 42.5 Å². The zero-order chi connectivity index (χ0) is 19.5. The quantitative estimate of drug-likeness (QED) is 0.561. The van der Waals surface area contributed by atoms with Gasteiger partial charge in [0.15, 0.2) is 5.76 Å². The lowest BCUT2D eigenvalue weighted by molar-refractivity contribution is 0.0997. The van der Waals surface area contributed by atoms with Gasteiger partial charge < -0.3 is 19.4 Å². The van der Waals surface area contributed by atoms with Crippen LogP contribution in [0.3, 0.4) is 0 Å². The van der Waals surface area contributed by atoms with Crippen LogP contribution in [0.1, 0.15) is 10.6 Å². The molecule has 0 unspecified atom stereocenters. The maximum absolute atomic E-state index is 12.8. The van der Waals surface area contributed by atoms with Crippen LogP contribution in [0.4, 0.5) is 11.4 Å². The number of para-hydroxylation sites is 1. The second-order valence-electron chi connectivity index (χ2n) is 6.36. The van der Waals surface area contributed by atoms with Gasteiger partial charge in [-0.1, -0.05) is 45.7 Å². The van der Waals surface area contributed by atoms with Gasteiger partial charge in [0.1, 0.15) is 5.76 Å². The highest BCUT2D eigenvalue weighted by molar-refractivity contribution is 9.10. The van der Waals surface area contributed by atoms with Gasteiger partial charge in [0, 0.05) is 23.1 Å². The van der Waals surface area contributed by atoms with Crippen LogP contribution in [0.2, 0.25) is 5.02 Å². The van der Waals surface area contributed by atoms with E-state index < -0.39 is 0 Å². The van der Waals surface area contributed by atoms with E-state index in [0.29, 0.717) is 29.7 Å².